The minimum Gasteiger partial charge on any atom is -0.492 e. The molecule has 1 aromatic carbocycles. The van der Waals surface area contributed by atoms with Gasteiger partial charge < -0.3 is 10.1 Å². The molecule has 0 fully saturated rings. The number of aromatic nitrogens is 1. The summed E-state index contributed by atoms with van der Waals surface area (Å²) in [6.07, 6.45) is 2.29. The second-order valence-corrected chi connectivity index (χ2v) is 5.70. The monoisotopic (exact) mass is 383 g/mol. The number of nitrogens with one attached hydrogen (secondary N) is 2. The van der Waals surface area contributed by atoms with Crippen LogP contribution in [0.4, 0.5) is 10.6 Å². The third-order valence-corrected chi connectivity index (χ3v) is 3.45. The summed E-state index contributed by atoms with van der Waals surface area (Å²) in [6, 6.07) is 10.5. The van der Waals surface area contributed by atoms with Crippen LogP contribution in [0.15, 0.2) is 47.1 Å². The summed E-state index contributed by atoms with van der Waals surface area (Å²) in [7, 11) is 0. The number of nitrogens with zero attached hydrogens (tertiary/aromatic N) is 1. The van der Waals surface area contributed by atoms with Crippen LogP contribution in [0.5, 0.6) is 5.75 Å². The Labute approximate surface area is 142 Å². The minimum atomic E-state index is -0.291. The maximum atomic E-state index is 11.6. The fourth-order valence-corrected chi connectivity index (χ4v) is 2.37. The molecule has 2 rings (SSSR count). The van der Waals surface area contributed by atoms with Crippen molar-refractivity contribution >= 4 is 39.4 Å². The van der Waals surface area contributed by atoms with E-state index in [1.165, 1.54) is 0 Å². The second kappa shape index (κ2) is 8.60. The van der Waals surface area contributed by atoms with Gasteiger partial charge in [0.05, 0.1) is 11.6 Å². The molecule has 2 N–H and O–H groups in total. The Hall–Kier alpha value is -1.79. The standard InChI is InChI=1S/C15H15BrClN3O2/c16-11-5-6-13(12(17)10-11)22-9-3-8-19-15(21)20-14-4-1-2-7-18-14/h1-2,4-7,10H,3,8-9H2,(H2,18,19,20,21). The van der Waals surface area contributed by atoms with Gasteiger partial charge in [0.2, 0.25) is 0 Å². The van der Waals surface area contributed by atoms with Gasteiger partial charge in [-0.3, -0.25) is 5.32 Å². The number of benzene rings is 1. The number of ether oxygens (including phenoxy) is 1. The number of urea groups is 1. The van der Waals surface area contributed by atoms with Crippen molar-refractivity contribution in [2.45, 2.75) is 6.42 Å². The molecule has 22 heavy (non-hydrogen) atoms. The van der Waals surface area contributed by atoms with Gasteiger partial charge in [-0.25, -0.2) is 9.78 Å². The normalized spacial score (nSPS) is 10.1. The van der Waals surface area contributed by atoms with E-state index in [4.69, 9.17) is 16.3 Å². The number of pyridine rings is 1. The molecule has 7 heteroatoms. The summed E-state index contributed by atoms with van der Waals surface area (Å²) in [4.78, 5) is 15.6. The van der Waals surface area contributed by atoms with Gasteiger partial charge in [-0.1, -0.05) is 33.6 Å². The lowest BCUT2D eigenvalue weighted by Gasteiger charge is -2.09. The molecule has 0 saturated carbocycles. The molecule has 1 aromatic heterocycles. The lowest BCUT2D eigenvalue weighted by molar-refractivity contribution is 0.250. The zero-order valence-corrected chi connectivity index (χ0v) is 14.0. The molecule has 0 atom stereocenters. The SMILES string of the molecule is O=C(NCCCOc1ccc(Br)cc1Cl)Nc1ccccn1. The smallest absolute Gasteiger partial charge is 0.320 e. The van der Waals surface area contributed by atoms with Crippen LogP contribution in [-0.2, 0) is 0 Å². The maximum absolute atomic E-state index is 11.6. The van der Waals surface area contributed by atoms with E-state index in [9.17, 15) is 4.79 Å². The van der Waals surface area contributed by atoms with Crippen molar-refractivity contribution in [3.8, 4) is 5.75 Å². The number of rotatable bonds is 6. The van der Waals surface area contributed by atoms with Crippen molar-refractivity contribution in [2.75, 3.05) is 18.5 Å². The Morgan fingerprint density at radius 1 is 1.32 bits per heavy atom. The quantitative estimate of drug-likeness (QED) is 0.737. The molecule has 0 aliphatic heterocycles. The first-order valence-corrected chi connectivity index (χ1v) is 7.86. The lowest BCUT2D eigenvalue weighted by Crippen LogP contribution is -2.30. The van der Waals surface area contributed by atoms with Crippen LogP contribution in [0.3, 0.4) is 0 Å². The molecular weight excluding hydrogens is 370 g/mol. The van der Waals surface area contributed by atoms with E-state index >= 15 is 0 Å². The zero-order chi connectivity index (χ0) is 15.8. The Kier molecular flexibility index (Phi) is 6.48. The Morgan fingerprint density at radius 3 is 2.91 bits per heavy atom. The molecule has 1 heterocycles. The Bertz CT molecular complexity index is 625. The van der Waals surface area contributed by atoms with E-state index in [1.807, 2.05) is 6.07 Å². The second-order valence-electron chi connectivity index (χ2n) is 4.37. The van der Waals surface area contributed by atoms with Gasteiger partial charge in [-0.15, -0.1) is 0 Å². The molecule has 0 aliphatic carbocycles. The van der Waals surface area contributed by atoms with Crippen molar-refractivity contribution < 1.29 is 9.53 Å². The predicted octanol–water partition coefficient (Wildman–Crippen LogP) is 4.09. The molecule has 2 aromatic rings. The predicted molar refractivity (Wildman–Crippen MR) is 90.5 cm³/mol. The highest BCUT2D eigenvalue weighted by molar-refractivity contribution is 9.10. The number of carbonyl (C=O) groups excluding carboxylic acids is 1. The summed E-state index contributed by atoms with van der Waals surface area (Å²) in [5.41, 5.74) is 0. The van der Waals surface area contributed by atoms with Gasteiger partial charge in [0, 0.05) is 17.2 Å². The molecule has 5 nitrogen and oxygen atoms in total. The molecule has 0 bridgehead atoms. The average Bonchev–Trinajstić information content (AvgIpc) is 2.50. The van der Waals surface area contributed by atoms with Crippen molar-refractivity contribution in [2.24, 2.45) is 0 Å². The largest absolute Gasteiger partial charge is 0.492 e. The average molecular weight is 385 g/mol. The molecule has 0 saturated heterocycles. The fourth-order valence-electron chi connectivity index (χ4n) is 1.65. The van der Waals surface area contributed by atoms with Gasteiger partial charge >= 0.3 is 6.03 Å². The number of hydrogen-bond acceptors (Lipinski definition) is 3. The van der Waals surface area contributed by atoms with Crippen LogP contribution in [-0.4, -0.2) is 24.2 Å². The Balaban J connectivity index is 1.64. The van der Waals surface area contributed by atoms with Crippen LogP contribution >= 0.6 is 27.5 Å². The van der Waals surface area contributed by atoms with Gasteiger partial charge in [0.25, 0.3) is 0 Å². The van der Waals surface area contributed by atoms with Gasteiger partial charge in [0.15, 0.2) is 0 Å². The summed E-state index contributed by atoms with van der Waals surface area (Å²) in [5, 5.41) is 5.92. The topological polar surface area (TPSA) is 63.2 Å². The summed E-state index contributed by atoms with van der Waals surface area (Å²) >= 11 is 9.37. The molecule has 0 unspecified atom stereocenters. The van der Waals surface area contributed by atoms with Crippen LogP contribution < -0.4 is 15.4 Å². The van der Waals surface area contributed by atoms with Crippen molar-refractivity contribution in [3.05, 3.63) is 52.1 Å². The van der Waals surface area contributed by atoms with Crippen LogP contribution in [0.1, 0.15) is 6.42 Å². The van der Waals surface area contributed by atoms with Gasteiger partial charge in [-0.2, -0.15) is 0 Å². The number of hydrogen-bond donors (Lipinski definition) is 2. The fraction of sp³-hybridized carbons (Fsp3) is 0.200. The lowest BCUT2D eigenvalue weighted by atomic mass is 10.3. The summed E-state index contributed by atoms with van der Waals surface area (Å²) in [5.74, 6) is 1.14. The van der Waals surface area contributed by atoms with Crippen LogP contribution in [0, 0.1) is 0 Å². The first kappa shape index (κ1) is 16.6. The first-order chi connectivity index (χ1) is 10.6. The van der Waals surface area contributed by atoms with Crippen molar-refractivity contribution in [1.82, 2.24) is 10.3 Å². The highest BCUT2D eigenvalue weighted by Gasteiger charge is 2.03. The van der Waals surface area contributed by atoms with E-state index < -0.39 is 0 Å². The van der Waals surface area contributed by atoms with Gasteiger partial charge in [0.1, 0.15) is 11.6 Å². The highest BCUT2D eigenvalue weighted by Crippen LogP contribution is 2.27. The summed E-state index contributed by atoms with van der Waals surface area (Å²) in [6.45, 7) is 0.956. The third kappa shape index (κ3) is 5.54. The molecule has 0 spiro atoms. The number of halogens is 2. The zero-order valence-electron chi connectivity index (χ0n) is 11.7. The highest BCUT2D eigenvalue weighted by atomic mass is 79.9. The van der Waals surface area contributed by atoms with Crippen molar-refractivity contribution in [3.63, 3.8) is 0 Å². The van der Waals surface area contributed by atoms with Crippen LogP contribution in [0.2, 0.25) is 5.02 Å². The van der Waals surface area contributed by atoms with E-state index in [0.717, 1.165) is 4.47 Å². The molecule has 0 aliphatic rings. The molecule has 116 valence electrons. The molecular formula is C15H15BrClN3O2. The van der Waals surface area contributed by atoms with Crippen LogP contribution in [0.25, 0.3) is 0 Å². The van der Waals surface area contributed by atoms with E-state index in [2.05, 4.69) is 31.5 Å². The van der Waals surface area contributed by atoms with E-state index in [0.29, 0.717) is 36.2 Å². The molecule has 2 amide bonds. The maximum Gasteiger partial charge on any atom is 0.320 e. The van der Waals surface area contributed by atoms with Crippen molar-refractivity contribution in [1.29, 1.82) is 0 Å². The third-order valence-electron chi connectivity index (χ3n) is 2.66. The number of carbonyl (C=O) groups is 1. The minimum absolute atomic E-state index is 0.291. The van der Waals surface area contributed by atoms with E-state index in [-0.39, 0.29) is 6.03 Å². The first-order valence-electron chi connectivity index (χ1n) is 6.69. The number of amides is 2. The van der Waals surface area contributed by atoms with Gasteiger partial charge in [-0.05, 0) is 36.8 Å². The number of anilines is 1. The molecule has 0 radical (unpaired) electrons. The summed E-state index contributed by atoms with van der Waals surface area (Å²) < 4.78 is 6.46. The van der Waals surface area contributed by atoms with E-state index in [1.54, 1.807) is 36.5 Å². The Morgan fingerprint density at radius 2 is 2.18 bits per heavy atom.